The van der Waals surface area contributed by atoms with Gasteiger partial charge in [-0.15, -0.1) is 0 Å². The van der Waals surface area contributed by atoms with Gasteiger partial charge in [0.25, 0.3) is 0 Å². The molecule has 0 atom stereocenters. The van der Waals surface area contributed by atoms with Crippen LogP contribution in [0.1, 0.15) is 42.4 Å². The van der Waals surface area contributed by atoms with Crippen LogP contribution in [0.5, 0.6) is 0 Å². The third-order valence-corrected chi connectivity index (χ3v) is 8.22. The highest BCUT2D eigenvalue weighted by molar-refractivity contribution is 7.89. The SMILES string of the molecule is Cc1ccc(C)c(S(=O)(=O)N(Cc2ccc(Cl)cc2)CC2CCC(C(=O)N[O-])CC2)c1. The Bertz CT molecular complexity index is 1020. The van der Waals surface area contributed by atoms with Crippen LogP contribution in [0.4, 0.5) is 0 Å². The number of benzene rings is 2. The van der Waals surface area contributed by atoms with Crippen LogP contribution < -0.4 is 5.48 Å². The number of carbonyl (C=O) groups is 1. The van der Waals surface area contributed by atoms with Gasteiger partial charge < -0.3 is 10.7 Å². The molecule has 2 aromatic rings. The summed E-state index contributed by atoms with van der Waals surface area (Å²) in [6, 6.07) is 12.6. The average molecular weight is 464 g/mol. The van der Waals surface area contributed by atoms with Gasteiger partial charge in [-0.25, -0.2) is 8.42 Å². The molecule has 0 radical (unpaired) electrons. The van der Waals surface area contributed by atoms with Crippen LogP contribution in [0.25, 0.3) is 0 Å². The van der Waals surface area contributed by atoms with Crippen molar-refractivity contribution < 1.29 is 13.2 Å². The van der Waals surface area contributed by atoms with Gasteiger partial charge in [0.15, 0.2) is 0 Å². The fraction of sp³-hybridized carbons (Fsp3) is 0.435. The molecule has 1 aliphatic rings. The van der Waals surface area contributed by atoms with Crippen LogP contribution >= 0.6 is 11.6 Å². The Balaban J connectivity index is 1.85. The van der Waals surface area contributed by atoms with E-state index in [-0.39, 0.29) is 18.4 Å². The molecule has 3 rings (SSSR count). The molecule has 0 unspecified atom stereocenters. The van der Waals surface area contributed by atoms with Crippen molar-refractivity contribution in [3.63, 3.8) is 0 Å². The molecule has 168 valence electrons. The number of halogens is 1. The molecular formula is C23H28ClN2O4S-. The Kier molecular flexibility index (Phi) is 7.75. The van der Waals surface area contributed by atoms with Crippen LogP contribution in [0.3, 0.4) is 0 Å². The standard InChI is InChI=1S/C23H28ClN2O4S/c1-16-3-4-17(2)22(13-16)31(29,30)26(15-19-7-11-21(24)12-8-19)14-18-5-9-20(10-6-18)23(27)25-28/h3-4,7-8,11-13,18,20H,5-6,9-10,14-15H2,1-2H3,(H-,25,27,28)/q-1. The molecule has 1 aliphatic carbocycles. The first-order chi connectivity index (χ1) is 14.7. The summed E-state index contributed by atoms with van der Waals surface area (Å²) in [5, 5.41) is 11.3. The number of nitrogens with zero attached hydrogens (tertiary/aromatic N) is 1. The van der Waals surface area contributed by atoms with E-state index in [9.17, 15) is 18.4 Å². The molecule has 0 aromatic heterocycles. The summed E-state index contributed by atoms with van der Waals surface area (Å²) in [6.45, 7) is 4.29. The number of nitrogens with one attached hydrogen (secondary N) is 1. The summed E-state index contributed by atoms with van der Waals surface area (Å²) >= 11 is 5.99. The molecule has 1 saturated carbocycles. The van der Waals surface area contributed by atoms with E-state index in [4.69, 9.17) is 11.6 Å². The number of amides is 1. The van der Waals surface area contributed by atoms with E-state index in [1.54, 1.807) is 25.1 Å². The molecule has 1 N–H and O–H groups in total. The highest BCUT2D eigenvalue weighted by Crippen LogP contribution is 2.32. The number of rotatable bonds is 7. The van der Waals surface area contributed by atoms with Crippen LogP contribution in [0.15, 0.2) is 47.4 Å². The number of hydrogen-bond donors (Lipinski definition) is 1. The van der Waals surface area contributed by atoms with Crippen LogP contribution in [-0.2, 0) is 21.4 Å². The third-order valence-electron chi connectivity index (χ3n) is 6.01. The molecule has 6 nitrogen and oxygen atoms in total. The van der Waals surface area contributed by atoms with Gasteiger partial charge in [-0.2, -0.15) is 4.31 Å². The zero-order chi connectivity index (χ0) is 22.6. The molecule has 0 aliphatic heterocycles. The lowest BCUT2D eigenvalue weighted by atomic mass is 9.81. The number of aryl methyl sites for hydroxylation is 2. The quantitative estimate of drug-likeness (QED) is 0.609. The van der Waals surface area contributed by atoms with Gasteiger partial charge in [-0.1, -0.05) is 35.9 Å². The van der Waals surface area contributed by atoms with Crippen molar-refractivity contribution in [3.8, 4) is 0 Å². The number of hydroxylamine groups is 1. The molecule has 0 spiro atoms. The number of sulfonamides is 1. The lowest BCUT2D eigenvalue weighted by Crippen LogP contribution is -2.38. The van der Waals surface area contributed by atoms with E-state index in [0.29, 0.717) is 47.7 Å². The maximum absolute atomic E-state index is 13.7. The van der Waals surface area contributed by atoms with Crippen molar-refractivity contribution in [2.45, 2.75) is 51.0 Å². The Morgan fingerprint density at radius 3 is 2.35 bits per heavy atom. The fourth-order valence-electron chi connectivity index (χ4n) is 4.14. The second-order valence-corrected chi connectivity index (χ2v) is 10.7. The molecule has 0 saturated heterocycles. The number of hydrogen-bond acceptors (Lipinski definition) is 4. The van der Waals surface area contributed by atoms with Crippen molar-refractivity contribution in [1.82, 2.24) is 9.79 Å². The highest BCUT2D eigenvalue weighted by atomic mass is 35.5. The lowest BCUT2D eigenvalue weighted by Gasteiger charge is -2.32. The highest BCUT2D eigenvalue weighted by Gasteiger charge is 2.32. The van der Waals surface area contributed by atoms with E-state index >= 15 is 0 Å². The monoisotopic (exact) mass is 463 g/mol. The van der Waals surface area contributed by atoms with Crippen LogP contribution in [0.2, 0.25) is 5.02 Å². The second-order valence-electron chi connectivity index (χ2n) is 8.38. The van der Waals surface area contributed by atoms with Crippen molar-refractivity contribution >= 4 is 27.5 Å². The first kappa shape index (κ1) is 23.7. The summed E-state index contributed by atoms with van der Waals surface area (Å²) in [5.74, 6) is -0.628. The average Bonchev–Trinajstić information content (AvgIpc) is 2.76. The van der Waals surface area contributed by atoms with E-state index in [0.717, 1.165) is 11.1 Å². The predicted molar refractivity (Wildman–Crippen MR) is 122 cm³/mol. The third kappa shape index (κ3) is 5.86. The van der Waals surface area contributed by atoms with Crippen molar-refractivity contribution in [1.29, 1.82) is 0 Å². The van der Waals surface area contributed by atoms with Gasteiger partial charge in [-0.3, -0.25) is 4.79 Å². The summed E-state index contributed by atoms with van der Waals surface area (Å²) < 4.78 is 28.9. The Labute approximate surface area is 189 Å². The Morgan fingerprint density at radius 2 is 1.74 bits per heavy atom. The van der Waals surface area contributed by atoms with E-state index in [2.05, 4.69) is 0 Å². The maximum Gasteiger partial charge on any atom is 0.243 e. The zero-order valence-corrected chi connectivity index (χ0v) is 19.4. The van der Waals surface area contributed by atoms with Crippen LogP contribution in [0, 0.1) is 30.9 Å². The maximum atomic E-state index is 13.7. The minimum Gasteiger partial charge on any atom is -0.759 e. The van der Waals surface area contributed by atoms with E-state index in [1.165, 1.54) is 9.79 Å². The van der Waals surface area contributed by atoms with Gasteiger partial charge in [0.1, 0.15) is 0 Å². The molecule has 0 bridgehead atoms. The van der Waals surface area contributed by atoms with Gasteiger partial charge in [0, 0.05) is 24.0 Å². The zero-order valence-electron chi connectivity index (χ0n) is 17.8. The predicted octanol–water partition coefficient (Wildman–Crippen LogP) is 4.57. The molecule has 31 heavy (non-hydrogen) atoms. The summed E-state index contributed by atoms with van der Waals surface area (Å²) in [7, 11) is -3.73. The Morgan fingerprint density at radius 1 is 1.10 bits per heavy atom. The summed E-state index contributed by atoms with van der Waals surface area (Å²) in [4.78, 5) is 12.0. The van der Waals surface area contributed by atoms with Crippen molar-refractivity contribution in [2.75, 3.05) is 6.54 Å². The summed E-state index contributed by atoms with van der Waals surface area (Å²) in [5.41, 5.74) is 3.94. The van der Waals surface area contributed by atoms with E-state index in [1.807, 2.05) is 31.2 Å². The molecule has 1 amide bonds. The first-order valence-corrected chi connectivity index (χ1v) is 12.3. The molecule has 0 heterocycles. The second kappa shape index (κ2) is 10.1. The summed E-state index contributed by atoms with van der Waals surface area (Å²) in [6.07, 6.45) is 2.60. The van der Waals surface area contributed by atoms with E-state index < -0.39 is 15.9 Å². The number of carbonyl (C=O) groups excluding carboxylic acids is 1. The first-order valence-electron chi connectivity index (χ1n) is 10.4. The minimum atomic E-state index is -3.73. The lowest BCUT2D eigenvalue weighted by molar-refractivity contribution is -0.125. The Hall–Kier alpha value is -1.93. The molecular weight excluding hydrogens is 436 g/mol. The fourth-order valence-corrected chi connectivity index (χ4v) is 6.08. The largest absolute Gasteiger partial charge is 0.759 e. The molecule has 1 fully saturated rings. The normalized spacial score (nSPS) is 19.4. The van der Waals surface area contributed by atoms with Gasteiger partial charge in [0.05, 0.1) is 4.90 Å². The van der Waals surface area contributed by atoms with Gasteiger partial charge >= 0.3 is 0 Å². The topological polar surface area (TPSA) is 89.5 Å². The minimum absolute atomic E-state index is 0.128. The molecule has 2 aromatic carbocycles. The van der Waals surface area contributed by atoms with Crippen molar-refractivity contribution in [3.05, 3.63) is 69.4 Å². The molecule has 8 heteroatoms. The smallest absolute Gasteiger partial charge is 0.243 e. The van der Waals surface area contributed by atoms with Gasteiger partial charge in [-0.05, 0) is 80.3 Å². The van der Waals surface area contributed by atoms with Crippen LogP contribution in [-0.4, -0.2) is 25.2 Å². The van der Waals surface area contributed by atoms with Gasteiger partial charge in [0.2, 0.25) is 15.9 Å². The van der Waals surface area contributed by atoms with Crippen molar-refractivity contribution in [2.24, 2.45) is 11.8 Å².